The van der Waals surface area contributed by atoms with Gasteiger partial charge in [0.05, 0.1) is 10.9 Å². The van der Waals surface area contributed by atoms with Crippen molar-refractivity contribution in [2.75, 3.05) is 13.1 Å². The summed E-state index contributed by atoms with van der Waals surface area (Å²) < 4.78 is 27.0. The molecule has 0 saturated carbocycles. The molecule has 2 rings (SSSR count). The number of hydrogen-bond acceptors (Lipinski definition) is 3. The predicted molar refractivity (Wildman–Crippen MR) is 95.8 cm³/mol. The van der Waals surface area contributed by atoms with E-state index >= 15 is 0 Å². The van der Waals surface area contributed by atoms with Gasteiger partial charge in [-0.05, 0) is 44.4 Å². The van der Waals surface area contributed by atoms with Crippen molar-refractivity contribution in [3.05, 3.63) is 28.2 Å². The Morgan fingerprint density at radius 3 is 2.79 bits per heavy atom. The second-order valence-corrected chi connectivity index (χ2v) is 8.84. The first-order chi connectivity index (χ1) is 11.3. The van der Waals surface area contributed by atoms with E-state index in [9.17, 15) is 13.2 Å². The summed E-state index contributed by atoms with van der Waals surface area (Å²) in [6.07, 6.45) is 2.15. The van der Waals surface area contributed by atoms with Gasteiger partial charge < -0.3 is 5.32 Å². The fourth-order valence-electron chi connectivity index (χ4n) is 2.65. The van der Waals surface area contributed by atoms with Gasteiger partial charge >= 0.3 is 0 Å². The van der Waals surface area contributed by atoms with Crippen LogP contribution in [0.25, 0.3) is 0 Å². The second kappa shape index (κ2) is 8.04. The van der Waals surface area contributed by atoms with Crippen molar-refractivity contribution in [1.82, 2.24) is 9.62 Å². The summed E-state index contributed by atoms with van der Waals surface area (Å²) in [7, 11) is -3.78. The molecule has 1 saturated heterocycles. The summed E-state index contributed by atoms with van der Waals surface area (Å²) in [4.78, 5) is 12.3. The van der Waals surface area contributed by atoms with Crippen molar-refractivity contribution >= 4 is 39.1 Å². The zero-order valence-corrected chi connectivity index (χ0v) is 16.1. The van der Waals surface area contributed by atoms with Gasteiger partial charge in [0.15, 0.2) is 0 Å². The van der Waals surface area contributed by atoms with Gasteiger partial charge in [-0.25, -0.2) is 8.42 Å². The van der Waals surface area contributed by atoms with E-state index in [0.717, 1.165) is 6.42 Å². The summed E-state index contributed by atoms with van der Waals surface area (Å²) in [5.74, 6) is -0.443. The molecule has 1 aliphatic rings. The maximum atomic E-state index is 12.9. The smallest absolute Gasteiger partial charge is 0.244 e. The number of hydrogen-bond donors (Lipinski definition) is 1. The van der Waals surface area contributed by atoms with Crippen LogP contribution in [0, 0.1) is 5.92 Å². The van der Waals surface area contributed by atoms with Crippen molar-refractivity contribution in [2.45, 2.75) is 44.0 Å². The van der Waals surface area contributed by atoms with E-state index in [4.69, 9.17) is 23.2 Å². The van der Waals surface area contributed by atoms with Gasteiger partial charge in [-0.2, -0.15) is 4.31 Å². The molecule has 24 heavy (non-hydrogen) atoms. The summed E-state index contributed by atoms with van der Waals surface area (Å²) >= 11 is 12.0. The molecule has 0 radical (unpaired) electrons. The van der Waals surface area contributed by atoms with Crippen LogP contribution >= 0.6 is 23.2 Å². The van der Waals surface area contributed by atoms with Gasteiger partial charge in [-0.15, -0.1) is 0 Å². The highest BCUT2D eigenvalue weighted by atomic mass is 35.5. The number of carbonyl (C=O) groups excluding carboxylic acids is 1. The number of halogens is 2. The molecule has 1 amide bonds. The van der Waals surface area contributed by atoms with Crippen LogP contribution in [0.1, 0.15) is 33.1 Å². The number of piperidine rings is 1. The van der Waals surface area contributed by atoms with E-state index in [1.165, 1.54) is 16.4 Å². The Morgan fingerprint density at radius 2 is 2.12 bits per heavy atom. The highest BCUT2D eigenvalue weighted by Crippen LogP contribution is 2.30. The van der Waals surface area contributed by atoms with Crippen LogP contribution < -0.4 is 5.32 Å². The summed E-state index contributed by atoms with van der Waals surface area (Å²) in [5.41, 5.74) is 0. The summed E-state index contributed by atoms with van der Waals surface area (Å²) in [6, 6.07) is 4.43. The van der Waals surface area contributed by atoms with Crippen LogP contribution in [0.5, 0.6) is 0 Å². The molecular weight excluding hydrogens is 371 g/mol. The van der Waals surface area contributed by atoms with Crippen LogP contribution in [0.2, 0.25) is 10.0 Å². The zero-order chi connectivity index (χ0) is 17.9. The quantitative estimate of drug-likeness (QED) is 0.835. The molecule has 0 bridgehead atoms. The molecule has 134 valence electrons. The largest absolute Gasteiger partial charge is 0.353 e. The molecule has 1 aromatic rings. The maximum absolute atomic E-state index is 12.9. The highest BCUT2D eigenvalue weighted by Gasteiger charge is 2.34. The van der Waals surface area contributed by atoms with E-state index in [1.807, 2.05) is 13.8 Å². The van der Waals surface area contributed by atoms with Crippen LogP contribution in [0.4, 0.5) is 0 Å². The fraction of sp³-hybridized carbons (Fsp3) is 0.562. The van der Waals surface area contributed by atoms with Gasteiger partial charge in [0, 0.05) is 24.2 Å². The Kier molecular flexibility index (Phi) is 6.53. The molecule has 1 aromatic carbocycles. The van der Waals surface area contributed by atoms with Crippen molar-refractivity contribution < 1.29 is 13.2 Å². The molecule has 2 atom stereocenters. The molecule has 1 aliphatic heterocycles. The van der Waals surface area contributed by atoms with Crippen molar-refractivity contribution in [3.8, 4) is 0 Å². The number of benzene rings is 1. The third kappa shape index (κ3) is 4.42. The average Bonchev–Trinajstić information content (AvgIpc) is 2.56. The molecule has 1 heterocycles. The molecule has 0 aliphatic carbocycles. The Hall–Kier alpha value is -0.820. The van der Waals surface area contributed by atoms with Gasteiger partial charge in [-0.3, -0.25) is 4.79 Å². The maximum Gasteiger partial charge on any atom is 0.244 e. The number of nitrogens with zero attached hydrogens (tertiary/aromatic N) is 1. The minimum atomic E-state index is -3.78. The van der Waals surface area contributed by atoms with E-state index < -0.39 is 10.0 Å². The molecule has 5 nitrogen and oxygen atoms in total. The lowest BCUT2D eigenvalue weighted by molar-refractivity contribution is -0.126. The average molecular weight is 393 g/mol. The van der Waals surface area contributed by atoms with Crippen LogP contribution in [0.15, 0.2) is 23.1 Å². The SMILES string of the molecule is CC[C@H](C)NC(=O)[C@H]1CCCN(S(=O)(=O)c2cc(Cl)ccc2Cl)C1. The minimum Gasteiger partial charge on any atom is -0.353 e. The monoisotopic (exact) mass is 392 g/mol. The standard InChI is InChI=1S/C16H22Cl2N2O3S/c1-3-11(2)19-16(21)12-5-4-8-20(10-12)24(22,23)15-9-13(17)6-7-14(15)18/h6-7,9,11-12H,3-5,8,10H2,1-2H3,(H,19,21)/t11-,12-/m0/s1. The molecule has 0 spiro atoms. The third-order valence-corrected chi connectivity index (χ3v) is 6.85. The van der Waals surface area contributed by atoms with Gasteiger partial charge in [-0.1, -0.05) is 30.1 Å². The number of amides is 1. The number of sulfonamides is 1. The Morgan fingerprint density at radius 1 is 1.42 bits per heavy atom. The number of nitrogens with one attached hydrogen (secondary N) is 1. The molecule has 1 N–H and O–H groups in total. The Bertz CT molecular complexity index is 709. The van der Waals surface area contributed by atoms with Crippen LogP contribution in [-0.2, 0) is 14.8 Å². The third-order valence-electron chi connectivity index (χ3n) is 4.27. The van der Waals surface area contributed by atoms with Gasteiger partial charge in [0.2, 0.25) is 15.9 Å². The van der Waals surface area contributed by atoms with Crippen molar-refractivity contribution in [2.24, 2.45) is 5.92 Å². The van der Waals surface area contributed by atoms with E-state index in [1.54, 1.807) is 6.07 Å². The zero-order valence-electron chi connectivity index (χ0n) is 13.8. The van der Waals surface area contributed by atoms with Crippen molar-refractivity contribution in [1.29, 1.82) is 0 Å². The topological polar surface area (TPSA) is 66.5 Å². The van der Waals surface area contributed by atoms with E-state index in [2.05, 4.69) is 5.32 Å². The predicted octanol–water partition coefficient (Wildman–Crippen LogP) is 3.31. The molecule has 1 fully saturated rings. The lowest BCUT2D eigenvalue weighted by atomic mass is 9.98. The number of carbonyl (C=O) groups is 1. The summed E-state index contributed by atoms with van der Waals surface area (Å²) in [6.45, 7) is 4.45. The Balaban J connectivity index is 2.19. The number of rotatable bonds is 5. The molecule has 0 unspecified atom stereocenters. The Labute approximate surface area is 153 Å². The first-order valence-electron chi connectivity index (χ1n) is 8.01. The molecule has 8 heteroatoms. The van der Waals surface area contributed by atoms with Crippen LogP contribution in [-0.4, -0.2) is 37.8 Å². The first kappa shape index (κ1) is 19.5. The van der Waals surface area contributed by atoms with Crippen LogP contribution in [0.3, 0.4) is 0 Å². The second-order valence-electron chi connectivity index (χ2n) is 6.09. The molecule has 0 aromatic heterocycles. The fourth-order valence-corrected chi connectivity index (χ4v) is 4.91. The van der Waals surface area contributed by atoms with Gasteiger partial charge in [0.25, 0.3) is 0 Å². The van der Waals surface area contributed by atoms with Gasteiger partial charge in [0.1, 0.15) is 4.90 Å². The lowest BCUT2D eigenvalue weighted by Gasteiger charge is -2.32. The van der Waals surface area contributed by atoms with E-state index in [-0.39, 0.29) is 34.3 Å². The molecular formula is C16H22Cl2N2O3S. The van der Waals surface area contributed by atoms with E-state index in [0.29, 0.717) is 24.4 Å². The highest BCUT2D eigenvalue weighted by molar-refractivity contribution is 7.89. The lowest BCUT2D eigenvalue weighted by Crippen LogP contribution is -2.47. The normalized spacial score (nSPS) is 20.6. The summed E-state index contributed by atoms with van der Waals surface area (Å²) in [5, 5.41) is 3.36. The first-order valence-corrected chi connectivity index (χ1v) is 10.2. The minimum absolute atomic E-state index is 0.0142. The van der Waals surface area contributed by atoms with Crippen molar-refractivity contribution in [3.63, 3.8) is 0 Å².